The predicted molar refractivity (Wildman–Crippen MR) is 97.1 cm³/mol. The molecular weight excluding hydrogens is 314 g/mol. The first-order valence-electron chi connectivity index (χ1n) is 8.15. The van der Waals surface area contributed by atoms with E-state index in [1.165, 1.54) is 12.5 Å². The van der Waals surface area contributed by atoms with E-state index in [1.54, 1.807) is 12.3 Å². The molecule has 1 amide bonds. The third kappa shape index (κ3) is 4.41. The largest absolute Gasteiger partial charge is 0.327 e. The summed E-state index contributed by atoms with van der Waals surface area (Å²) in [5, 5.41) is 2.55. The highest BCUT2D eigenvalue weighted by Gasteiger charge is 2.07. The maximum Gasteiger partial charge on any atom is 0.271 e. The van der Waals surface area contributed by atoms with E-state index in [-0.39, 0.29) is 17.2 Å². The van der Waals surface area contributed by atoms with Gasteiger partial charge in [-0.05, 0) is 17.2 Å². The van der Waals surface area contributed by atoms with Gasteiger partial charge in [-0.15, -0.1) is 0 Å². The number of carbonyl (C=O) groups excluding carboxylic acids is 1. The van der Waals surface area contributed by atoms with Gasteiger partial charge in [0.25, 0.3) is 5.56 Å². The van der Waals surface area contributed by atoms with E-state index in [0.717, 1.165) is 24.1 Å². The number of carbonyl (C=O) groups is 1. The van der Waals surface area contributed by atoms with Crippen LogP contribution in [0.5, 0.6) is 0 Å². The van der Waals surface area contributed by atoms with E-state index in [4.69, 9.17) is 0 Å². The zero-order chi connectivity index (χ0) is 17.6. The normalized spacial score (nSPS) is 10.4. The van der Waals surface area contributed by atoms with Crippen LogP contribution in [0, 0.1) is 0 Å². The van der Waals surface area contributed by atoms with Gasteiger partial charge in [-0.1, -0.05) is 30.3 Å². The highest BCUT2D eigenvalue weighted by atomic mass is 16.2. The van der Waals surface area contributed by atoms with Crippen LogP contribution in [-0.4, -0.2) is 10.9 Å². The number of aryl methyl sites for hydroxylation is 2. The molecule has 0 fully saturated rings. The number of hydrogen-bond donors (Lipinski definition) is 2. The van der Waals surface area contributed by atoms with Crippen LogP contribution in [-0.2, 0) is 17.8 Å². The summed E-state index contributed by atoms with van der Waals surface area (Å²) in [6.07, 6.45) is 6.65. The first-order chi connectivity index (χ1) is 12.1. The Hall–Kier alpha value is -3.21. The van der Waals surface area contributed by atoms with Gasteiger partial charge in [-0.2, -0.15) is 0 Å². The summed E-state index contributed by atoms with van der Waals surface area (Å²) in [6, 6.07) is 16.0. The zero-order valence-electron chi connectivity index (χ0n) is 14.0. The molecule has 3 rings (SSSR count). The van der Waals surface area contributed by atoms with E-state index >= 15 is 0 Å². The molecule has 0 aliphatic carbocycles. The number of hydrogen-bond acceptors (Lipinski definition) is 2. The van der Waals surface area contributed by atoms with E-state index in [1.807, 2.05) is 42.7 Å². The molecule has 0 spiro atoms. The molecule has 0 atom stereocenters. The third-order valence-electron chi connectivity index (χ3n) is 3.94. The molecule has 1 aromatic carbocycles. The van der Waals surface area contributed by atoms with Crippen molar-refractivity contribution in [3.05, 3.63) is 83.0 Å². The molecule has 0 aliphatic heterocycles. The summed E-state index contributed by atoms with van der Waals surface area (Å²) in [4.78, 5) is 25.6. The van der Waals surface area contributed by atoms with Gasteiger partial charge >= 0.3 is 0 Å². The van der Waals surface area contributed by atoms with Crippen molar-refractivity contribution in [3.8, 4) is 11.1 Å². The number of aromatic nitrogens is 2. The van der Waals surface area contributed by atoms with Crippen LogP contribution in [0.2, 0.25) is 0 Å². The second-order valence-corrected chi connectivity index (χ2v) is 5.87. The van der Waals surface area contributed by atoms with Crippen molar-refractivity contribution in [2.75, 3.05) is 5.32 Å². The minimum absolute atomic E-state index is 0.255. The van der Waals surface area contributed by atoms with Crippen LogP contribution < -0.4 is 15.4 Å². The Morgan fingerprint density at radius 2 is 1.80 bits per heavy atom. The zero-order valence-corrected chi connectivity index (χ0v) is 14.0. The molecule has 2 N–H and O–H groups in total. The highest BCUT2D eigenvalue weighted by Crippen LogP contribution is 2.18. The van der Waals surface area contributed by atoms with Crippen molar-refractivity contribution in [1.29, 1.82) is 0 Å². The summed E-state index contributed by atoms with van der Waals surface area (Å²) in [7, 11) is 0. The molecule has 0 aliphatic rings. The van der Waals surface area contributed by atoms with Crippen LogP contribution in [0.3, 0.4) is 0 Å². The Bertz CT molecular complexity index is 916. The first kappa shape index (κ1) is 16.6. The number of rotatable bonds is 5. The number of anilines is 1. The lowest BCUT2D eigenvalue weighted by atomic mass is 10.1. The average molecular weight is 334 g/mol. The standard InChI is InChI=1S/C20H19N3O2/c1-15(24)22-19-13-18(14-21-20(19)25)17-8-11-23(12-9-17)10-7-16-5-3-2-4-6-16/h2-6,8-9,11-14H,7,10H2,1H3,(H,22,24)/p+1. The van der Waals surface area contributed by atoms with Crippen molar-refractivity contribution < 1.29 is 9.36 Å². The Morgan fingerprint density at radius 3 is 2.48 bits per heavy atom. The van der Waals surface area contributed by atoms with Crippen LogP contribution in [0.4, 0.5) is 5.69 Å². The quantitative estimate of drug-likeness (QED) is 0.704. The second-order valence-electron chi connectivity index (χ2n) is 5.87. The number of pyridine rings is 2. The van der Waals surface area contributed by atoms with Crippen molar-refractivity contribution in [2.24, 2.45) is 0 Å². The molecule has 0 bridgehead atoms. The predicted octanol–water partition coefficient (Wildman–Crippen LogP) is 2.53. The number of H-pyrrole nitrogens is 1. The van der Waals surface area contributed by atoms with Crippen LogP contribution >= 0.6 is 0 Å². The average Bonchev–Trinajstić information content (AvgIpc) is 2.63. The third-order valence-corrected chi connectivity index (χ3v) is 3.94. The van der Waals surface area contributed by atoms with Crippen molar-refractivity contribution in [2.45, 2.75) is 19.9 Å². The molecule has 2 aromatic heterocycles. The van der Waals surface area contributed by atoms with Gasteiger partial charge in [-0.3, -0.25) is 9.59 Å². The Labute approximate surface area is 146 Å². The summed E-state index contributed by atoms with van der Waals surface area (Å²) in [5.74, 6) is -0.269. The van der Waals surface area contributed by atoms with E-state index in [9.17, 15) is 9.59 Å². The summed E-state index contributed by atoms with van der Waals surface area (Å²) >= 11 is 0. The molecule has 0 saturated carbocycles. The molecule has 3 aromatic rings. The fourth-order valence-corrected chi connectivity index (χ4v) is 2.63. The van der Waals surface area contributed by atoms with Gasteiger partial charge in [0.2, 0.25) is 5.91 Å². The maximum absolute atomic E-state index is 11.7. The number of benzene rings is 1. The topological polar surface area (TPSA) is 65.8 Å². The number of nitrogens with zero attached hydrogens (tertiary/aromatic N) is 1. The summed E-state index contributed by atoms with van der Waals surface area (Å²) in [6.45, 7) is 2.28. The second kappa shape index (κ2) is 7.57. The van der Waals surface area contributed by atoms with Gasteiger partial charge in [-0.25, -0.2) is 4.57 Å². The van der Waals surface area contributed by atoms with E-state index in [2.05, 4.69) is 27.0 Å². The number of aromatic amines is 1. The minimum Gasteiger partial charge on any atom is -0.327 e. The fraction of sp³-hybridized carbons (Fsp3) is 0.150. The molecule has 5 nitrogen and oxygen atoms in total. The van der Waals surface area contributed by atoms with E-state index < -0.39 is 0 Å². The molecule has 5 heteroatoms. The SMILES string of the molecule is CC(=O)Nc1cc(-c2cc[n+](CCc3ccccc3)cc2)c[nH]c1=O. The van der Waals surface area contributed by atoms with Crippen LogP contribution in [0.1, 0.15) is 12.5 Å². The van der Waals surface area contributed by atoms with E-state index in [0.29, 0.717) is 0 Å². The van der Waals surface area contributed by atoms with Gasteiger partial charge in [0.1, 0.15) is 5.69 Å². The lowest BCUT2D eigenvalue weighted by Crippen LogP contribution is -2.33. The molecule has 126 valence electrons. The van der Waals surface area contributed by atoms with Crippen molar-refractivity contribution in [3.63, 3.8) is 0 Å². The Balaban J connectivity index is 1.74. The Morgan fingerprint density at radius 1 is 1.08 bits per heavy atom. The smallest absolute Gasteiger partial charge is 0.271 e. The molecule has 25 heavy (non-hydrogen) atoms. The van der Waals surface area contributed by atoms with Crippen LogP contribution in [0.15, 0.2) is 71.9 Å². The fourth-order valence-electron chi connectivity index (χ4n) is 2.63. The van der Waals surface area contributed by atoms with Gasteiger partial charge < -0.3 is 10.3 Å². The van der Waals surface area contributed by atoms with Crippen molar-refractivity contribution >= 4 is 11.6 Å². The Kier molecular flexibility index (Phi) is 5.04. The first-order valence-corrected chi connectivity index (χ1v) is 8.15. The van der Waals surface area contributed by atoms with Gasteiger partial charge in [0, 0.05) is 37.2 Å². The lowest BCUT2D eigenvalue weighted by molar-refractivity contribution is -0.696. The molecular formula is C20H20N3O2+. The molecule has 0 saturated heterocycles. The van der Waals surface area contributed by atoms with Gasteiger partial charge in [0.15, 0.2) is 18.9 Å². The number of amides is 1. The highest BCUT2D eigenvalue weighted by molar-refractivity contribution is 5.89. The van der Waals surface area contributed by atoms with Crippen molar-refractivity contribution in [1.82, 2.24) is 4.98 Å². The number of nitrogens with one attached hydrogen (secondary N) is 2. The van der Waals surface area contributed by atoms with Gasteiger partial charge in [0.05, 0.1) is 0 Å². The summed E-state index contributed by atoms with van der Waals surface area (Å²) in [5.41, 5.74) is 3.07. The maximum atomic E-state index is 11.7. The molecule has 0 radical (unpaired) electrons. The molecule has 2 heterocycles. The summed E-state index contributed by atoms with van der Waals surface area (Å²) < 4.78 is 2.12. The minimum atomic E-state index is -0.312. The molecule has 0 unspecified atom stereocenters. The lowest BCUT2D eigenvalue weighted by Gasteiger charge is -2.05. The van der Waals surface area contributed by atoms with Crippen LogP contribution in [0.25, 0.3) is 11.1 Å². The monoisotopic (exact) mass is 334 g/mol.